The molecule has 0 bridgehead atoms. The van der Waals surface area contributed by atoms with Crippen LogP contribution in [0.1, 0.15) is 52.4 Å². The molecule has 0 aliphatic heterocycles. The molecule has 0 nitrogen and oxygen atoms in total. The fraction of sp³-hybridized carbons (Fsp3) is 1.00. The summed E-state index contributed by atoms with van der Waals surface area (Å²) in [6.45, 7) is 4.77. The van der Waals surface area contributed by atoms with Gasteiger partial charge in [0, 0.05) is 0 Å². The molecule has 0 saturated heterocycles. The minimum absolute atomic E-state index is 0.897. The summed E-state index contributed by atoms with van der Waals surface area (Å²) in [6.07, 6.45) is 9.17. The van der Waals surface area contributed by atoms with E-state index >= 15 is 0 Å². The summed E-state index contributed by atoms with van der Waals surface area (Å²) in [4.78, 5) is 0. The number of rotatable bonds is 2. The SMILES string of the molecule is CCC(C)C1CCC2(CC2)C1. The largest absolute Gasteiger partial charge is 0.0651 e. The Kier molecular flexibility index (Phi) is 1.74. The van der Waals surface area contributed by atoms with Crippen LogP contribution in [-0.4, -0.2) is 0 Å². The zero-order chi connectivity index (χ0) is 7.90. The molecule has 0 aromatic carbocycles. The van der Waals surface area contributed by atoms with Gasteiger partial charge in [-0.1, -0.05) is 20.3 Å². The maximum Gasteiger partial charge on any atom is -0.0294 e. The summed E-state index contributed by atoms with van der Waals surface area (Å²) in [5.41, 5.74) is 0.897. The summed E-state index contributed by atoms with van der Waals surface area (Å²) >= 11 is 0. The zero-order valence-electron chi connectivity index (χ0n) is 7.90. The lowest BCUT2D eigenvalue weighted by atomic mass is 9.89. The smallest absolute Gasteiger partial charge is 0.0294 e. The van der Waals surface area contributed by atoms with Crippen molar-refractivity contribution in [2.75, 3.05) is 0 Å². The molecular weight excluding hydrogens is 132 g/mol. The third-order valence-corrected chi connectivity index (χ3v) is 4.15. The highest BCUT2D eigenvalue weighted by Gasteiger charge is 2.48. The van der Waals surface area contributed by atoms with Crippen molar-refractivity contribution in [3.63, 3.8) is 0 Å². The van der Waals surface area contributed by atoms with E-state index in [-0.39, 0.29) is 0 Å². The number of hydrogen-bond donors (Lipinski definition) is 0. The van der Waals surface area contributed by atoms with Crippen LogP contribution in [0.25, 0.3) is 0 Å². The Balaban J connectivity index is 1.88. The van der Waals surface area contributed by atoms with Gasteiger partial charge in [0.1, 0.15) is 0 Å². The van der Waals surface area contributed by atoms with Crippen molar-refractivity contribution >= 4 is 0 Å². The molecule has 2 unspecified atom stereocenters. The van der Waals surface area contributed by atoms with E-state index in [1.165, 1.54) is 12.8 Å². The highest BCUT2D eigenvalue weighted by atomic mass is 14.5. The van der Waals surface area contributed by atoms with Crippen LogP contribution in [0.5, 0.6) is 0 Å². The third-order valence-electron chi connectivity index (χ3n) is 4.15. The van der Waals surface area contributed by atoms with Crippen molar-refractivity contribution in [3.8, 4) is 0 Å². The molecule has 64 valence electrons. The minimum atomic E-state index is 0.897. The lowest BCUT2D eigenvalue weighted by molar-refractivity contribution is 0.340. The summed E-state index contributed by atoms with van der Waals surface area (Å²) in [5.74, 6) is 2.08. The first kappa shape index (κ1) is 7.64. The first-order valence-corrected chi connectivity index (χ1v) is 5.26. The van der Waals surface area contributed by atoms with Crippen molar-refractivity contribution in [2.45, 2.75) is 52.4 Å². The maximum absolute atomic E-state index is 2.44. The summed E-state index contributed by atoms with van der Waals surface area (Å²) < 4.78 is 0. The van der Waals surface area contributed by atoms with E-state index in [0.717, 1.165) is 17.3 Å². The molecule has 0 N–H and O–H groups in total. The van der Waals surface area contributed by atoms with Crippen LogP contribution in [0.2, 0.25) is 0 Å². The normalized spacial score (nSPS) is 36.0. The Bertz CT molecular complexity index is 144. The van der Waals surface area contributed by atoms with Crippen LogP contribution < -0.4 is 0 Å². The lowest BCUT2D eigenvalue weighted by Crippen LogP contribution is -2.07. The summed E-state index contributed by atoms with van der Waals surface area (Å²) in [5, 5.41) is 0. The predicted octanol–water partition coefficient (Wildman–Crippen LogP) is 3.61. The van der Waals surface area contributed by atoms with Crippen molar-refractivity contribution in [2.24, 2.45) is 17.3 Å². The van der Waals surface area contributed by atoms with Crippen molar-refractivity contribution in [3.05, 3.63) is 0 Å². The van der Waals surface area contributed by atoms with E-state index in [9.17, 15) is 0 Å². The summed E-state index contributed by atoms with van der Waals surface area (Å²) in [6, 6.07) is 0. The second-order valence-corrected chi connectivity index (χ2v) is 4.89. The van der Waals surface area contributed by atoms with Crippen molar-refractivity contribution in [1.29, 1.82) is 0 Å². The number of hydrogen-bond acceptors (Lipinski definition) is 0. The predicted molar refractivity (Wildman–Crippen MR) is 48.5 cm³/mol. The maximum atomic E-state index is 2.44. The van der Waals surface area contributed by atoms with Crippen LogP contribution in [0.3, 0.4) is 0 Å². The lowest BCUT2D eigenvalue weighted by Gasteiger charge is -2.16. The molecule has 0 heterocycles. The van der Waals surface area contributed by atoms with Crippen LogP contribution in [-0.2, 0) is 0 Å². The van der Waals surface area contributed by atoms with E-state index in [2.05, 4.69) is 13.8 Å². The molecule has 2 aliphatic rings. The van der Waals surface area contributed by atoms with Crippen LogP contribution in [0, 0.1) is 17.3 Å². The van der Waals surface area contributed by atoms with Gasteiger partial charge < -0.3 is 0 Å². The van der Waals surface area contributed by atoms with Gasteiger partial charge >= 0.3 is 0 Å². The summed E-state index contributed by atoms with van der Waals surface area (Å²) in [7, 11) is 0. The molecule has 0 heteroatoms. The Morgan fingerprint density at radius 3 is 2.55 bits per heavy atom. The molecular formula is C11H20. The monoisotopic (exact) mass is 152 g/mol. The zero-order valence-corrected chi connectivity index (χ0v) is 7.90. The first-order valence-electron chi connectivity index (χ1n) is 5.26. The van der Waals surface area contributed by atoms with Gasteiger partial charge in [-0.05, 0) is 49.4 Å². The Hall–Kier alpha value is 0. The first-order chi connectivity index (χ1) is 5.26. The fourth-order valence-electron chi connectivity index (χ4n) is 2.70. The van der Waals surface area contributed by atoms with Gasteiger partial charge in [0.05, 0.1) is 0 Å². The molecule has 2 fully saturated rings. The van der Waals surface area contributed by atoms with E-state index in [0.29, 0.717) is 0 Å². The topological polar surface area (TPSA) is 0 Å². The van der Waals surface area contributed by atoms with E-state index < -0.39 is 0 Å². The quantitative estimate of drug-likeness (QED) is 0.567. The van der Waals surface area contributed by atoms with E-state index in [1.807, 2.05) is 0 Å². The van der Waals surface area contributed by atoms with Crippen molar-refractivity contribution in [1.82, 2.24) is 0 Å². The molecule has 1 spiro atoms. The highest BCUT2D eigenvalue weighted by Crippen LogP contribution is 2.60. The van der Waals surface area contributed by atoms with Gasteiger partial charge in [-0.25, -0.2) is 0 Å². The molecule has 0 radical (unpaired) electrons. The van der Waals surface area contributed by atoms with Gasteiger partial charge in [0.25, 0.3) is 0 Å². The Morgan fingerprint density at radius 1 is 1.36 bits per heavy atom. The second-order valence-electron chi connectivity index (χ2n) is 4.89. The molecule has 2 aliphatic carbocycles. The Morgan fingerprint density at radius 2 is 2.09 bits per heavy atom. The third kappa shape index (κ3) is 1.32. The average Bonchev–Trinajstić information content (AvgIpc) is 2.61. The van der Waals surface area contributed by atoms with Gasteiger partial charge in [-0.15, -0.1) is 0 Å². The van der Waals surface area contributed by atoms with Crippen molar-refractivity contribution < 1.29 is 0 Å². The van der Waals surface area contributed by atoms with E-state index in [4.69, 9.17) is 0 Å². The molecule has 0 aromatic heterocycles. The standard InChI is InChI=1S/C11H20/c1-3-9(2)10-4-5-11(8-10)6-7-11/h9-10H,3-8H2,1-2H3. The molecule has 2 saturated carbocycles. The van der Waals surface area contributed by atoms with Gasteiger partial charge in [-0.3, -0.25) is 0 Å². The molecule has 2 atom stereocenters. The van der Waals surface area contributed by atoms with Gasteiger partial charge in [0.15, 0.2) is 0 Å². The van der Waals surface area contributed by atoms with Gasteiger partial charge in [-0.2, -0.15) is 0 Å². The average molecular weight is 152 g/mol. The Labute approximate surface area is 70.4 Å². The van der Waals surface area contributed by atoms with Gasteiger partial charge in [0.2, 0.25) is 0 Å². The highest BCUT2D eigenvalue weighted by molar-refractivity contribution is 4.99. The second kappa shape index (κ2) is 2.50. The van der Waals surface area contributed by atoms with Crippen LogP contribution >= 0.6 is 0 Å². The van der Waals surface area contributed by atoms with E-state index in [1.54, 1.807) is 25.7 Å². The van der Waals surface area contributed by atoms with Crippen LogP contribution in [0.15, 0.2) is 0 Å². The molecule has 0 aromatic rings. The molecule has 11 heavy (non-hydrogen) atoms. The minimum Gasteiger partial charge on any atom is -0.0651 e. The van der Waals surface area contributed by atoms with Crippen LogP contribution in [0.4, 0.5) is 0 Å². The molecule has 2 rings (SSSR count). The fourth-order valence-corrected chi connectivity index (χ4v) is 2.70. The molecule has 0 amide bonds.